The maximum Gasteiger partial charge on any atom is 0.220 e. The van der Waals surface area contributed by atoms with E-state index in [9.17, 15) is 4.79 Å². The SMILES string of the molecule is CC(=O)N(Cc1nnc(C2CC2)n1C)C1CCN(CC#N)C1. The van der Waals surface area contributed by atoms with E-state index in [0.29, 0.717) is 19.0 Å². The van der Waals surface area contributed by atoms with Crippen molar-refractivity contribution < 1.29 is 4.79 Å². The van der Waals surface area contributed by atoms with E-state index < -0.39 is 0 Å². The van der Waals surface area contributed by atoms with Crippen LogP contribution in [0, 0.1) is 11.3 Å². The van der Waals surface area contributed by atoms with Crippen LogP contribution in [0.5, 0.6) is 0 Å². The molecule has 22 heavy (non-hydrogen) atoms. The normalized spacial score (nSPS) is 21.8. The zero-order chi connectivity index (χ0) is 15.7. The average molecular weight is 302 g/mol. The first-order chi connectivity index (χ1) is 10.6. The zero-order valence-corrected chi connectivity index (χ0v) is 13.2. The number of carbonyl (C=O) groups is 1. The molecule has 0 radical (unpaired) electrons. The molecule has 2 aliphatic rings. The molecule has 2 fully saturated rings. The molecule has 1 aliphatic heterocycles. The molecule has 1 aliphatic carbocycles. The molecule has 3 rings (SSSR count). The highest BCUT2D eigenvalue weighted by Gasteiger charge is 2.32. The number of rotatable bonds is 5. The first-order valence-corrected chi connectivity index (χ1v) is 7.84. The molecule has 2 heterocycles. The van der Waals surface area contributed by atoms with E-state index in [1.54, 1.807) is 6.92 Å². The lowest BCUT2D eigenvalue weighted by molar-refractivity contribution is -0.131. The second-order valence-corrected chi connectivity index (χ2v) is 6.29. The summed E-state index contributed by atoms with van der Waals surface area (Å²) in [7, 11) is 1.98. The average Bonchev–Trinajstić information content (AvgIpc) is 3.11. The van der Waals surface area contributed by atoms with Gasteiger partial charge in [-0.05, 0) is 19.3 Å². The van der Waals surface area contributed by atoms with Crippen LogP contribution in [0.25, 0.3) is 0 Å². The predicted octanol–water partition coefficient (Wildman–Crippen LogP) is 0.639. The summed E-state index contributed by atoms with van der Waals surface area (Å²) < 4.78 is 2.04. The summed E-state index contributed by atoms with van der Waals surface area (Å²) in [5, 5.41) is 17.4. The molecule has 1 unspecified atom stereocenters. The van der Waals surface area contributed by atoms with Gasteiger partial charge in [-0.15, -0.1) is 10.2 Å². The molecule has 1 atom stereocenters. The standard InChI is InChI=1S/C15H22N6O/c1-11(22)21(13-5-7-20(9-13)8-6-16)10-14-17-18-15(19(14)2)12-3-4-12/h12-13H,3-5,7-10H2,1-2H3. The van der Waals surface area contributed by atoms with Crippen LogP contribution >= 0.6 is 0 Å². The summed E-state index contributed by atoms with van der Waals surface area (Å²) in [6.07, 6.45) is 3.29. The Morgan fingerprint density at radius 2 is 2.18 bits per heavy atom. The van der Waals surface area contributed by atoms with E-state index in [-0.39, 0.29) is 11.9 Å². The van der Waals surface area contributed by atoms with Gasteiger partial charge in [0, 0.05) is 39.0 Å². The molecule has 7 nitrogen and oxygen atoms in total. The highest BCUT2D eigenvalue weighted by molar-refractivity contribution is 5.73. The lowest BCUT2D eigenvalue weighted by Crippen LogP contribution is -2.41. The summed E-state index contributed by atoms with van der Waals surface area (Å²) in [6.45, 7) is 4.16. The molecule has 1 aromatic rings. The van der Waals surface area contributed by atoms with Crippen LogP contribution in [0.2, 0.25) is 0 Å². The Labute approximate surface area is 130 Å². The van der Waals surface area contributed by atoms with Crippen LogP contribution in [0.3, 0.4) is 0 Å². The highest BCUT2D eigenvalue weighted by Crippen LogP contribution is 2.38. The van der Waals surface area contributed by atoms with Crippen molar-refractivity contribution in [2.45, 2.75) is 44.7 Å². The van der Waals surface area contributed by atoms with E-state index in [2.05, 4.69) is 21.2 Å². The van der Waals surface area contributed by atoms with Gasteiger partial charge in [0.25, 0.3) is 0 Å². The van der Waals surface area contributed by atoms with Crippen molar-refractivity contribution >= 4 is 5.91 Å². The number of nitrogens with zero attached hydrogens (tertiary/aromatic N) is 6. The molecular weight excluding hydrogens is 280 g/mol. The van der Waals surface area contributed by atoms with Crippen molar-refractivity contribution in [3.8, 4) is 6.07 Å². The molecular formula is C15H22N6O. The summed E-state index contributed by atoms with van der Waals surface area (Å²) in [6, 6.07) is 2.34. The van der Waals surface area contributed by atoms with E-state index in [1.807, 2.05) is 16.5 Å². The molecule has 1 aromatic heterocycles. The minimum atomic E-state index is 0.0554. The van der Waals surface area contributed by atoms with Gasteiger partial charge >= 0.3 is 0 Å². The number of hydrogen-bond acceptors (Lipinski definition) is 5. The topological polar surface area (TPSA) is 78.1 Å². The largest absolute Gasteiger partial charge is 0.331 e. The number of aromatic nitrogens is 3. The Morgan fingerprint density at radius 3 is 2.82 bits per heavy atom. The maximum absolute atomic E-state index is 12.0. The Bertz CT molecular complexity index is 600. The lowest BCUT2D eigenvalue weighted by atomic mass is 10.2. The van der Waals surface area contributed by atoms with Crippen molar-refractivity contribution in [3.63, 3.8) is 0 Å². The molecule has 0 N–H and O–H groups in total. The van der Waals surface area contributed by atoms with E-state index in [0.717, 1.165) is 31.2 Å². The third-order valence-corrected chi connectivity index (χ3v) is 4.64. The van der Waals surface area contributed by atoms with Crippen molar-refractivity contribution in [1.82, 2.24) is 24.6 Å². The molecule has 118 valence electrons. The Morgan fingerprint density at radius 1 is 1.41 bits per heavy atom. The number of carbonyl (C=O) groups excluding carboxylic acids is 1. The fraction of sp³-hybridized carbons (Fsp3) is 0.733. The van der Waals surface area contributed by atoms with Crippen molar-refractivity contribution in [1.29, 1.82) is 5.26 Å². The second kappa shape index (κ2) is 6.05. The predicted molar refractivity (Wildman–Crippen MR) is 79.7 cm³/mol. The number of hydrogen-bond donors (Lipinski definition) is 0. The van der Waals surface area contributed by atoms with Crippen LogP contribution in [0.1, 0.15) is 43.8 Å². The summed E-state index contributed by atoms with van der Waals surface area (Å²) in [4.78, 5) is 16.0. The van der Waals surface area contributed by atoms with Crippen LogP contribution < -0.4 is 0 Å². The van der Waals surface area contributed by atoms with Crippen LogP contribution in [0.4, 0.5) is 0 Å². The van der Waals surface area contributed by atoms with Gasteiger partial charge in [0.05, 0.1) is 19.2 Å². The molecule has 7 heteroatoms. The number of nitriles is 1. The first-order valence-electron chi connectivity index (χ1n) is 7.84. The highest BCUT2D eigenvalue weighted by atomic mass is 16.2. The van der Waals surface area contributed by atoms with Crippen molar-refractivity contribution in [2.75, 3.05) is 19.6 Å². The van der Waals surface area contributed by atoms with Crippen LogP contribution in [-0.4, -0.2) is 56.1 Å². The molecule has 0 bridgehead atoms. The minimum absolute atomic E-state index is 0.0554. The molecule has 1 amide bonds. The Hall–Kier alpha value is -1.94. The van der Waals surface area contributed by atoms with Crippen LogP contribution in [0.15, 0.2) is 0 Å². The smallest absolute Gasteiger partial charge is 0.220 e. The third-order valence-electron chi connectivity index (χ3n) is 4.64. The van der Waals surface area contributed by atoms with E-state index in [1.165, 1.54) is 12.8 Å². The van der Waals surface area contributed by atoms with Gasteiger partial charge < -0.3 is 9.47 Å². The van der Waals surface area contributed by atoms with Gasteiger partial charge in [-0.25, -0.2) is 0 Å². The van der Waals surface area contributed by atoms with Crippen molar-refractivity contribution in [3.05, 3.63) is 11.6 Å². The van der Waals surface area contributed by atoms with Gasteiger partial charge in [-0.1, -0.05) is 0 Å². The molecule has 1 saturated carbocycles. The monoisotopic (exact) mass is 302 g/mol. The van der Waals surface area contributed by atoms with Gasteiger partial charge in [0.15, 0.2) is 5.82 Å². The molecule has 0 aromatic carbocycles. The quantitative estimate of drug-likeness (QED) is 0.746. The van der Waals surface area contributed by atoms with Gasteiger partial charge in [-0.3, -0.25) is 9.69 Å². The summed E-state index contributed by atoms with van der Waals surface area (Å²) in [5.74, 6) is 2.49. The summed E-state index contributed by atoms with van der Waals surface area (Å²) >= 11 is 0. The van der Waals surface area contributed by atoms with Gasteiger partial charge in [0.2, 0.25) is 5.91 Å². The number of amides is 1. The zero-order valence-electron chi connectivity index (χ0n) is 13.2. The summed E-state index contributed by atoms with van der Waals surface area (Å²) in [5.41, 5.74) is 0. The van der Waals surface area contributed by atoms with E-state index >= 15 is 0 Å². The molecule has 1 saturated heterocycles. The van der Waals surface area contributed by atoms with E-state index in [4.69, 9.17) is 5.26 Å². The fourth-order valence-electron chi connectivity index (χ4n) is 3.17. The van der Waals surface area contributed by atoms with Crippen molar-refractivity contribution in [2.24, 2.45) is 7.05 Å². The minimum Gasteiger partial charge on any atom is -0.331 e. The third kappa shape index (κ3) is 2.97. The fourth-order valence-corrected chi connectivity index (χ4v) is 3.17. The van der Waals surface area contributed by atoms with Crippen LogP contribution in [-0.2, 0) is 18.4 Å². The maximum atomic E-state index is 12.0. The Kier molecular flexibility index (Phi) is 4.12. The second-order valence-electron chi connectivity index (χ2n) is 6.29. The number of likely N-dealkylation sites (tertiary alicyclic amines) is 1. The molecule has 0 spiro atoms. The van der Waals surface area contributed by atoms with Gasteiger partial charge in [-0.2, -0.15) is 5.26 Å². The lowest BCUT2D eigenvalue weighted by Gasteiger charge is -2.27. The first kappa shape index (κ1) is 15.0. The van der Waals surface area contributed by atoms with Gasteiger partial charge in [0.1, 0.15) is 5.82 Å². The Balaban J connectivity index is 1.70.